The van der Waals surface area contributed by atoms with Crippen molar-refractivity contribution >= 4 is 74.7 Å². The average molecular weight is 624 g/mol. The summed E-state index contributed by atoms with van der Waals surface area (Å²) in [6, 6.07) is 9.15. The van der Waals surface area contributed by atoms with E-state index in [4.69, 9.17) is 25.8 Å². The van der Waals surface area contributed by atoms with E-state index in [1.165, 1.54) is 0 Å². The first-order valence-electron chi connectivity index (χ1n) is 8.41. The predicted octanol–water partition coefficient (Wildman–Crippen LogP) is 5.69. The second kappa shape index (κ2) is 9.45. The van der Waals surface area contributed by atoms with Gasteiger partial charge in [-0.25, -0.2) is 9.79 Å². The number of carbonyl (C=O) groups excluding carboxylic acids is 1. The van der Waals surface area contributed by atoms with E-state index in [9.17, 15) is 4.79 Å². The SMILES string of the molecule is CCCOc1c(I)cc(/C=C2\N=C(c3cc(I)ccc3Cl)OC2=O)cc1OC. The molecule has 3 rings (SSSR count). The molecular formula is C20H16ClI2NO4. The number of benzene rings is 2. The molecule has 0 aliphatic carbocycles. The van der Waals surface area contributed by atoms with Gasteiger partial charge in [0.2, 0.25) is 5.90 Å². The van der Waals surface area contributed by atoms with Crippen LogP contribution in [0.1, 0.15) is 24.5 Å². The van der Waals surface area contributed by atoms with Crippen LogP contribution in [0.25, 0.3) is 6.08 Å². The Morgan fingerprint density at radius 2 is 2.04 bits per heavy atom. The fourth-order valence-corrected chi connectivity index (χ4v) is 3.98. The van der Waals surface area contributed by atoms with Crippen LogP contribution in [0, 0.1) is 7.14 Å². The molecule has 1 aliphatic rings. The number of ether oxygens (including phenoxy) is 3. The molecule has 0 bridgehead atoms. The number of halogens is 3. The molecule has 8 heteroatoms. The number of carbonyl (C=O) groups is 1. The Morgan fingerprint density at radius 3 is 2.75 bits per heavy atom. The van der Waals surface area contributed by atoms with Gasteiger partial charge in [0.25, 0.3) is 0 Å². The minimum atomic E-state index is -0.523. The maximum Gasteiger partial charge on any atom is 0.363 e. The first-order valence-corrected chi connectivity index (χ1v) is 10.9. The largest absolute Gasteiger partial charge is 0.493 e. The van der Waals surface area contributed by atoms with Crippen molar-refractivity contribution in [3.8, 4) is 11.5 Å². The zero-order valence-corrected chi connectivity index (χ0v) is 20.2. The second-order valence-corrected chi connectivity index (χ2v) is 8.66. The van der Waals surface area contributed by atoms with E-state index in [-0.39, 0.29) is 11.6 Å². The van der Waals surface area contributed by atoms with Crippen molar-refractivity contribution in [3.63, 3.8) is 0 Å². The lowest BCUT2D eigenvalue weighted by Gasteiger charge is -2.13. The molecule has 2 aromatic carbocycles. The van der Waals surface area contributed by atoms with Gasteiger partial charge in [0.05, 0.1) is 27.9 Å². The highest BCUT2D eigenvalue weighted by atomic mass is 127. The van der Waals surface area contributed by atoms with Gasteiger partial charge < -0.3 is 14.2 Å². The van der Waals surface area contributed by atoms with Crippen molar-refractivity contribution < 1.29 is 19.0 Å². The molecule has 0 unspecified atom stereocenters. The summed E-state index contributed by atoms with van der Waals surface area (Å²) >= 11 is 10.6. The van der Waals surface area contributed by atoms with Gasteiger partial charge in [-0.3, -0.25) is 0 Å². The van der Waals surface area contributed by atoms with Crippen molar-refractivity contribution in [1.29, 1.82) is 0 Å². The van der Waals surface area contributed by atoms with Crippen molar-refractivity contribution in [2.75, 3.05) is 13.7 Å². The molecule has 1 aliphatic heterocycles. The van der Waals surface area contributed by atoms with E-state index >= 15 is 0 Å². The van der Waals surface area contributed by atoms with E-state index in [0.29, 0.717) is 28.7 Å². The maximum atomic E-state index is 12.3. The summed E-state index contributed by atoms with van der Waals surface area (Å²) < 4.78 is 18.4. The normalized spacial score (nSPS) is 14.8. The Morgan fingerprint density at radius 1 is 1.25 bits per heavy atom. The van der Waals surface area contributed by atoms with Crippen LogP contribution >= 0.6 is 56.8 Å². The van der Waals surface area contributed by atoms with Crippen LogP contribution in [0.4, 0.5) is 0 Å². The van der Waals surface area contributed by atoms with Crippen LogP contribution in [0.2, 0.25) is 5.02 Å². The Labute approximate surface area is 195 Å². The molecule has 1 heterocycles. The van der Waals surface area contributed by atoms with Gasteiger partial charge in [-0.05, 0) is 93.6 Å². The quantitative estimate of drug-likeness (QED) is 0.236. The summed E-state index contributed by atoms with van der Waals surface area (Å²) in [5.41, 5.74) is 1.54. The predicted molar refractivity (Wildman–Crippen MR) is 126 cm³/mol. The minimum absolute atomic E-state index is 0.198. The summed E-state index contributed by atoms with van der Waals surface area (Å²) in [4.78, 5) is 16.6. The van der Waals surface area contributed by atoms with Crippen LogP contribution in [-0.2, 0) is 9.53 Å². The number of rotatable bonds is 6. The number of esters is 1. The summed E-state index contributed by atoms with van der Waals surface area (Å²) in [7, 11) is 1.58. The number of hydrogen-bond acceptors (Lipinski definition) is 5. The topological polar surface area (TPSA) is 57.1 Å². The van der Waals surface area contributed by atoms with E-state index in [1.807, 2.05) is 25.1 Å². The Balaban J connectivity index is 1.97. The molecule has 0 spiro atoms. The molecule has 0 amide bonds. The Kier molecular flexibility index (Phi) is 7.21. The molecule has 5 nitrogen and oxygen atoms in total. The molecule has 28 heavy (non-hydrogen) atoms. The van der Waals surface area contributed by atoms with Gasteiger partial charge in [-0.2, -0.15) is 0 Å². The average Bonchev–Trinajstić information content (AvgIpc) is 3.02. The van der Waals surface area contributed by atoms with Crippen LogP contribution in [-0.4, -0.2) is 25.6 Å². The van der Waals surface area contributed by atoms with Crippen molar-refractivity contribution in [2.45, 2.75) is 13.3 Å². The summed E-state index contributed by atoms with van der Waals surface area (Å²) in [6.45, 7) is 2.64. The highest BCUT2D eigenvalue weighted by molar-refractivity contribution is 14.1. The van der Waals surface area contributed by atoms with Gasteiger partial charge >= 0.3 is 5.97 Å². The van der Waals surface area contributed by atoms with Gasteiger partial charge in [0.15, 0.2) is 17.2 Å². The zero-order valence-electron chi connectivity index (χ0n) is 15.1. The number of hydrogen-bond donors (Lipinski definition) is 0. The third-order valence-corrected chi connectivity index (χ3v) is 5.59. The number of aliphatic imine (C=N–C) groups is 1. The molecule has 0 aromatic heterocycles. The Bertz CT molecular complexity index is 988. The smallest absolute Gasteiger partial charge is 0.363 e. The fourth-order valence-electron chi connectivity index (χ4n) is 2.51. The van der Waals surface area contributed by atoms with Crippen LogP contribution in [0.5, 0.6) is 11.5 Å². The third kappa shape index (κ3) is 4.80. The number of cyclic esters (lactones) is 1. The van der Waals surface area contributed by atoms with Crippen LogP contribution in [0.3, 0.4) is 0 Å². The van der Waals surface area contributed by atoms with Crippen molar-refractivity contribution in [2.24, 2.45) is 4.99 Å². The lowest BCUT2D eigenvalue weighted by Crippen LogP contribution is -2.06. The summed E-state index contributed by atoms with van der Waals surface area (Å²) in [6.07, 6.45) is 2.56. The van der Waals surface area contributed by atoms with Gasteiger partial charge in [0.1, 0.15) is 0 Å². The molecule has 0 atom stereocenters. The van der Waals surface area contributed by atoms with Gasteiger partial charge in [0, 0.05) is 3.57 Å². The molecule has 0 saturated carbocycles. The minimum Gasteiger partial charge on any atom is -0.493 e. The zero-order chi connectivity index (χ0) is 20.3. The first-order chi connectivity index (χ1) is 13.4. The molecule has 0 saturated heterocycles. The van der Waals surface area contributed by atoms with E-state index in [2.05, 4.69) is 50.2 Å². The van der Waals surface area contributed by atoms with Crippen molar-refractivity contribution in [3.05, 3.63) is 59.3 Å². The third-order valence-electron chi connectivity index (χ3n) is 3.79. The molecule has 2 aromatic rings. The lowest BCUT2D eigenvalue weighted by atomic mass is 10.1. The number of methoxy groups -OCH3 is 1. The lowest BCUT2D eigenvalue weighted by molar-refractivity contribution is -0.129. The highest BCUT2D eigenvalue weighted by Gasteiger charge is 2.26. The van der Waals surface area contributed by atoms with Crippen LogP contribution < -0.4 is 9.47 Å². The Hall–Kier alpha value is -1.33. The van der Waals surface area contributed by atoms with E-state index < -0.39 is 5.97 Å². The summed E-state index contributed by atoms with van der Waals surface area (Å²) in [5.74, 6) is 0.967. The van der Waals surface area contributed by atoms with E-state index in [0.717, 1.165) is 19.1 Å². The molecule has 0 N–H and O–H groups in total. The first kappa shape index (κ1) is 21.4. The van der Waals surface area contributed by atoms with Gasteiger partial charge in [-0.15, -0.1) is 0 Å². The highest BCUT2D eigenvalue weighted by Crippen LogP contribution is 2.35. The standard InChI is InChI=1S/C20H16ClI2NO4/c1-3-6-27-18-15(23)7-11(9-17(18)26-2)8-16-20(25)28-19(24-16)13-10-12(22)4-5-14(13)21/h4-5,7-10H,3,6H2,1-2H3/b16-8-. The second-order valence-electron chi connectivity index (χ2n) is 5.84. The fraction of sp³-hybridized carbons (Fsp3) is 0.200. The summed E-state index contributed by atoms with van der Waals surface area (Å²) in [5, 5.41) is 0.474. The van der Waals surface area contributed by atoms with E-state index in [1.54, 1.807) is 25.3 Å². The molecule has 0 radical (unpaired) electrons. The molecule has 0 fully saturated rings. The number of nitrogens with zero attached hydrogens (tertiary/aromatic N) is 1. The maximum absolute atomic E-state index is 12.3. The van der Waals surface area contributed by atoms with Gasteiger partial charge in [-0.1, -0.05) is 18.5 Å². The molecular weight excluding hydrogens is 607 g/mol. The molecule has 146 valence electrons. The monoisotopic (exact) mass is 623 g/mol. The van der Waals surface area contributed by atoms with Crippen molar-refractivity contribution in [1.82, 2.24) is 0 Å². The van der Waals surface area contributed by atoms with Crippen LogP contribution in [0.15, 0.2) is 41.0 Å².